The molecule has 1 aliphatic rings. The van der Waals surface area contributed by atoms with Crippen molar-refractivity contribution in [1.29, 1.82) is 0 Å². The second-order valence-corrected chi connectivity index (χ2v) is 5.45. The molecule has 0 radical (unpaired) electrons. The van der Waals surface area contributed by atoms with E-state index in [9.17, 15) is 14.7 Å². The number of carboxylic acids is 1. The van der Waals surface area contributed by atoms with Gasteiger partial charge in [-0.05, 0) is 33.6 Å². The molecule has 1 fully saturated rings. The molecule has 0 aliphatic carbocycles. The highest BCUT2D eigenvalue weighted by molar-refractivity contribution is 9.10. The molecule has 1 heterocycles. The van der Waals surface area contributed by atoms with Crippen LogP contribution >= 0.6 is 27.5 Å². The molecule has 2 unspecified atom stereocenters. The van der Waals surface area contributed by atoms with Crippen LogP contribution in [0, 0.1) is 0 Å². The third-order valence-corrected chi connectivity index (χ3v) is 4.24. The van der Waals surface area contributed by atoms with Crippen molar-refractivity contribution in [1.82, 2.24) is 4.90 Å². The van der Waals surface area contributed by atoms with Crippen LogP contribution in [-0.2, 0) is 14.3 Å². The number of aliphatic carboxylic acids is 1. The number of rotatable bonds is 2. The van der Waals surface area contributed by atoms with Crippen molar-refractivity contribution >= 4 is 39.4 Å². The first-order valence-electron chi connectivity index (χ1n) is 5.47. The van der Waals surface area contributed by atoms with Crippen molar-refractivity contribution in [2.75, 3.05) is 13.7 Å². The highest BCUT2D eigenvalue weighted by Gasteiger charge is 2.40. The van der Waals surface area contributed by atoms with Crippen molar-refractivity contribution in [3.63, 3.8) is 0 Å². The molecule has 1 amide bonds. The van der Waals surface area contributed by atoms with Crippen LogP contribution < -0.4 is 0 Å². The Morgan fingerprint density at radius 2 is 2.26 bits per heavy atom. The van der Waals surface area contributed by atoms with Crippen LogP contribution in [0.25, 0.3) is 0 Å². The number of carboxylic acid groups (broad SMARTS) is 1. The molecule has 0 bridgehead atoms. The number of carbonyl (C=O) groups excluding carboxylic acids is 1. The van der Waals surface area contributed by atoms with Crippen molar-refractivity contribution in [3.8, 4) is 0 Å². The van der Waals surface area contributed by atoms with Gasteiger partial charge in [-0.2, -0.15) is 0 Å². The molecule has 1 N–H and O–H groups in total. The van der Waals surface area contributed by atoms with E-state index in [0.717, 1.165) is 0 Å². The molecule has 1 aliphatic heterocycles. The summed E-state index contributed by atoms with van der Waals surface area (Å²) in [6.45, 7) is -0.228. The van der Waals surface area contributed by atoms with Gasteiger partial charge in [-0.1, -0.05) is 17.7 Å². The number of hydrogen-bond acceptors (Lipinski definition) is 3. The Balaban J connectivity index is 2.43. The average molecular weight is 349 g/mol. The van der Waals surface area contributed by atoms with Gasteiger partial charge < -0.3 is 14.7 Å². The Labute approximate surface area is 123 Å². The third kappa shape index (κ3) is 2.75. The molecule has 2 atom stereocenters. The Hall–Kier alpha value is -1.11. The van der Waals surface area contributed by atoms with Crippen molar-refractivity contribution < 1.29 is 19.4 Å². The summed E-state index contributed by atoms with van der Waals surface area (Å²) in [7, 11) is 1.56. The molecule has 0 spiro atoms. The lowest BCUT2D eigenvalue weighted by Gasteiger charge is -2.37. The zero-order chi connectivity index (χ0) is 14.2. The van der Waals surface area contributed by atoms with Crippen molar-refractivity contribution in [2.24, 2.45) is 0 Å². The van der Waals surface area contributed by atoms with Crippen molar-refractivity contribution in [3.05, 3.63) is 33.3 Å². The van der Waals surface area contributed by atoms with Gasteiger partial charge in [-0.3, -0.25) is 4.79 Å². The third-order valence-electron chi connectivity index (χ3n) is 3.01. The van der Waals surface area contributed by atoms with Crippen LogP contribution in [0.1, 0.15) is 11.6 Å². The van der Waals surface area contributed by atoms with Gasteiger partial charge in [0.25, 0.3) is 0 Å². The molecule has 1 saturated heterocycles. The number of benzene rings is 1. The van der Waals surface area contributed by atoms with Gasteiger partial charge in [0.1, 0.15) is 6.61 Å². The minimum absolute atomic E-state index is 0.228. The fraction of sp³-hybridized carbons (Fsp3) is 0.333. The maximum atomic E-state index is 11.7. The maximum Gasteiger partial charge on any atom is 0.335 e. The molecule has 7 heteroatoms. The van der Waals surface area contributed by atoms with Gasteiger partial charge in [0.05, 0.1) is 11.1 Å². The maximum absolute atomic E-state index is 11.7. The second-order valence-electron chi connectivity index (χ2n) is 4.19. The molecule has 5 nitrogen and oxygen atoms in total. The van der Waals surface area contributed by atoms with E-state index in [1.165, 1.54) is 4.90 Å². The van der Waals surface area contributed by atoms with E-state index in [2.05, 4.69) is 15.9 Å². The predicted octanol–water partition coefficient (Wildman–Crippen LogP) is 2.09. The lowest BCUT2D eigenvalue weighted by molar-refractivity contribution is -0.171. The molecule has 19 heavy (non-hydrogen) atoms. The molecular weight excluding hydrogens is 337 g/mol. The Morgan fingerprint density at radius 3 is 2.84 bits per heavy atom. The van der Waals surface area contributed by atoms with E-state index in [1.807, 2.05) is 0 Å². The number of nitrogens with zero attached hydrogens (tertiary/aromatic N) is 1. The summed E-state index contributed by atoms with van der Waals surface area (Å²) in [4.78, 5) is 24.3. The van der Waals surface area contributed by atoms with Gasteiger partial charge >= 0.3 is 5.97 Å². The normalized spacial score (nSPS) is 23.5. The summed E-state index contributed by atoms with van der Waals surface area (Å²) >= 11 is 9.27. The first-order valence-corrected chi connectivity index (χ1v) is 6.64. The zero-order valence-electron chi connectivity index (χ0n) is 9.97. The fourth-order valence-corrected chi connectivity index (χ4v) is 2.45. The van der Waals surface area contributed by atoms with Gasteiger partial charge in [0.2, 0.25) is 5.91 Å². The van der Waals surface area contributed by atoms with Gasteiger partial charge in [0, 0.05) is 11.5 Å². The second kappa shape index (κ2) is 5.48. The van der Waals surface area contributed by atoms with Gasteiger partial charge in [0.15, 0.2) is 6.10 Å². The summed E-state index contributed by atoms with van der Waals surface area (Å²) in [6, 6.07) is 4.37. The van der Waals surface area contributed by atoms with E-state index in [1.54, 1.807) is 25.2 Å². The average Bonchev–Trinajstić information content (AvgIpc) is 2.35. The Kier molecular flexibility index (Phi) is 4.13. The van der Waals surface area contributed by atoms with E-state index >= 15 is 0 Å². The molecule has 0 saturated carbocycles. The molecule has 102 valence electrons. The number of halogens is 2. The lowest BCUT2D eigenvalue weighted by Crippen LogP contribution is -2.50. The van der Waals surface area contributed by atoms with Crippen LogP contribution in [-0.4, -0.2) is 41.6 Å². The van der Waals surface area contributed by atoms with Crippen LogP contribution in [0.15, 0.2) is 22.7 Å². The summed E-state index contributed by atoms with van der Waals surface area (Å²) in [6.07, 6.45) is -1.10. The first kappa shape index (κ1) is 14.3. The highest BCUT2D eigenvalue weighted by Crippen LogP contribution is 2.33. The molecule has 1 aromatic rings. The molecule has 2 rings (SSSR count). The topological polar surface area (TPSA) is 66.8 Å². The fourth-order valence-electron chi connectivity index (χ4n) is 2.01. The van der Waals surface area contributed by atoms with E-state index in [-0.39, 0.29) is 12.5 Å². The monoisotopic (exact) mass is 347 g/mol. The number of hydrogen-bond donors (Lipinski definition) is 1. The Bertz CT molecular complexity index is 536. The largest absolute Gasteiger partial charge is 0.479 e. The van der Waals surface area contributed by atoms with E-state index in [4.69, 9.17) is 16.3 Å². The summed E-state index contributed by atoms with van der Waals surface area (Å²) < 4.78 is 5.82. The molecular formula is C12H11BrClNO4. The predicted molar refractivity (Wildman–Crippen MR) is 72.0 cm³/mol. The first-order chi connectivity index (χ1) is 8.91. The van der Waals surface area contributed by atoms with Gasteiger partial charge in [-0.25, -0.2) is 4.79 Å². The van der Waals surface area contributed by atoms with Gasteiger partial charge in [-0.15, -0.1) is 0 Å². The minimum Gasteiger partial charge on any atom is -0.479 e. The number of amides is 1. The highest BCUT2D eigenvalue weighted by atomic mass is 79.9. The van der Waals surface area contributed by atoms with Crippen LogP contribution in [0.3, 0.4) is 0 Å². The lowest BCUT2D eigenvalue weighted by atomic mass is 9.98. The Morgan fingerprint density at radius 1 is 1.58 bits per heavy atom. The SMILES string of the molecule is CN1C(=O)COC(C(=O)O)C1c1ccc(Br)c(Cl)c1. The van der Waals surface area contributed by atoms with Crippen LogP contribution in [0.4, 0.5) is 0 Å². The summed E-state index contributed by atoms with van der Waals surface area (Å²) in [5, 5.41) is 9.64. The standard InChI is InChI=1S/C12H11BrClNO4/c1-15-9(16)5-19-11(12(17)18)10(15)6-2-3-7(13)8(14)4-6/h2-4,10-11H,5H2,1H3,(H,17,18). The number of ether oxygens (including phenoxy) is 1. The smallest absolute Gasteiger partial charge is 0.335 e. The minimum atomic E-state index is -1.11. The quantitative estimate of drug-likeness (QED) is 0.889. The summed E-state index contributed by atoms with van der Waals surface area (Å²) in [5.74, 6) is -1.37. The van der Waals surface area contributed by atoms with Crippen LogP contribution in [0.2, 0.25) is 5.02 Å². The molecule has 0 aromatic heterocycles. The molecule has 1 aromatic carbocycles. The van der Waals surface area contributed by atoms with Crippen molar-refractivity contribution in [2.45, 2.75) is 12.1 Å². The zero-order valence-corrected chi connectivity index (χ0v) is 12.3. The number of likely N-dealkylation sites (N-methyl/N-ethyl adjacent to an activating group) is 1. The summed E-state index contributed by atoms with van der Waals surface area (Å²) in [5.41, 5.74) is 0.621. The number of morpholine rings is 1. The van der Waals surface area contributed by atoms with E-state index < -0.39 is 18.1 Å². The number of carbonyl (C=O) groups is 2. The van der Waals surface area contributed by atoms with E-state index in [0.29, 0.717) is 15.1 Å². The van der Waals surface area contributed by atoms with Crippen LogP contribution in [0.5, 0.6) is 0 Å².